The van der Waals surface area contributed by atoms with Gasteiger partial charge in [-0.1, -0.05) is 28.1 Å². The molecule has 0 fully saturated rings. The lowest BCUT2D eigenvalue weighted by molar-refractivity contribution is 0.0444. The van der Waals surface area contributed by atoms with Crippen LogP contribution in [0, 0.1) is 0 Å². The average molecular weight is 383 g/mol. The van der Waals surface area contributed by atoms with Crippen molar-refractivity contribution in [1.82, 2.24) is 4.98 Å². The van der Waals surface area contributed by atoms with E-state index in [2.05, 4.69) is 32.8 Å². The minimum absolute atomic E-state index is 0.165. The van der Waals surface area contributed by atoms with Gasteiger partial charge in [0.1, 0.15) is 19.0 Å². The van der Waals surface area contributed by atoms with Crippen molar-refractivity contribution in [3.63, 3.8) is 0 Å². The van der Waals surface area contributed by atoms with Crippen molar-refractivity contribution >= 4 is 38.4 Å². The van der Waals surface area contributed by atoms with Crippen LogP contribution in [0.4, 0.5) is 5.13 Å². The quantitative estimate of drug-likeness (QED) is 0.428. The number of benzene rings is 1. The van der Waals surface area contributed by atoms with Gasteiger partial charge in [-0.2, -0.15) is 0 Å². The molecule has 0 spiro atoms. The number of nitrogens with zero attached hydrogens (tertiary/aromatic N) is 1. The first-order valence-electron chi connectivity index (χ1n) is 6.55. The standard InChI is InChI=1S/C15H15BrN2O3S/c1-2-6-17-15-18-13(10-22-15)14(19)21-8-7-20-12-5-3-4-11(16)9-12/h2-5,9-10H,1,6-8H2,(H,17,18). The number of nitrogens with one attached hydrogen (secondary N) is 1. The minimum atomic E-state index is -0.458. The molecule has 0 aliphatic rings. The van der Waals surface area contributed by atoms with Crippen LogP contribution in [0.25, 0.3) is 0 Å². The Bertz CT molecular complexity index is 645. The highest BCUT2D eigenvalue weighted by Gasteiger charge is 2.11. The molecule has 1 aromatic heterocycles. The second-order valence-electron chi connectivity index (χ2n) is 4.15. The SMILES string of the molecule is C=CCNc1nc(C(=O)OCCOc2cccc(Br)c2)cs1. The summed E-state index contributed by atoms with van der Waals surface area (Å²) >= 11 is 4.71. The summed E-state index contributed by atoms with van der Waals surface area (Å²) in [5.41, 5.74) is 0.291. The monoisotopic (exact) mass is 382 g/mol. The van der Waals surface area contributed by atoms with Gasteiger partial charge in [-0.25, -0.2) is 9.78 Å². The molecule has 116 valence electrons. The number of hydrogen-bond donors (Lipinski definition) is 1. The Hall–Kier alpha value is -1.86. The maximum atomic E-state index is 11.8. The van der Waals surface area contributed by atoms with E-state index in [1.54, 1.807) is 11.5 Å². The molecule has 0 bridgehead atoms. The number of anilines is 1. The Labute approximate surface area is 141 Å². The molecule has 0 unspecified atom stereocenters. The van der Waals surface area contributed by atoms with Gasteiger partial charge in [0.15, 0.2) is 10.8 Å². The third-order valence-electron chi connectivity index (χ3n) is 2.49. The average Bonchev–Trinajstić information content (AvgIpc) is 2.98. The van der Waals surface area contributed by atoms with Gasteiger partial charge >= 0.3 is 5.97 Å². The van der Waals surface area contributed by atoms with E-state index in [0.717, 1.165) is 10.2 Å². The van der Waals surface area contributed by atoms with E-state index in [1.165, 1.54) is 11.3 Å². The Kier molecular flexibility index (Phi) is 6.42. The summed E-state index contributed by atoms with van der Waals surface area (Å²) in [5.74, 6) is 0.260. The van der Waals surface area contributed by atoms with Crippen LogP contribution in [0.1, 0.15) is 10.5 Å². The third kappa shape index (κ3) is 5.16. The van der Waals surface area contributed by atoms with Gasteiger partial charge in [0.05, 0.1) is 0 Å². The Morgan fingerprint density at radius 1 is 1.45 bits per heavy atom. The van der Waals surface area contributed by atoms with E-state index in [0.29, 0.717) is 17.4 Å². The lowest BCUT2D eigenvalue weighted by Gasteiger charge is -2.06. The highest BCUT2D eigenvalue weighted by Crippen LogP contribution is 2.18. The van der Waals surface area contributed by atoms with Crippen LogP contribution >= 0.6 is 27.3 Å². The number of hydrogen-bond acceptors (Lipinski definition) is 6. The Balaban J connectivity index is 1.73. The fourth-order valence-electron chi connectivity index (χ4n) is 1.53. The molecule has 0 saturated carbocycles. The second kappa shape index (κ2) is 8.55. The third-order valence-corrected chi connectivity index (χ3v) is 3.79. The molecule has 0 aliphatic carbocycles. The van der Waals surface area contributed by atoms with Gasteiger partial charge in [0.25, 0.3) is 0 Å². The lowest BCUT2D eigenvalue weighted by atomic mass is 10.3. The molecule has 0 atom stereocenters. The fourth-order valence-corrected chi connectivity index (χ4v) is 2.60. The minimum Gasteiger partial charge on any atom is -0.490 e. The van der Waals surface area contributed by atoms with Crippen molar-refractivity contribution in [2.45, 2.75) is 0 Å². The van der Waals surface area contributed by atoms with E-state index < -0.39 is 5.97 Å². The van der Waals surface area contributed by atoms with E-state index >= 15 is 0 Å². The molecule has 0 radical (unpaired) electrons. The predicted molar refractivity (Wildman–Crippen MR) is 90.7 cm³/mol. The molecule has 1 N–H and O–H groups in total. The van der Waals surface area contributed by atoms with Crippen molar-refractivity contribution in [3.8, 4) is 5.75 Å². The number of rotatable bonds is 8. The maximum Gasteiger partial charge on any atom is 0.358 e. The number of carbonyl (C=O) groups is 1. The first kappa shape index (κ1) is 16.5. The number of thiazole rings is 1. The first-order chi connectivity index (χ1) is 10.7. The zero-order valence-electron chi connectivity index (χ0n) is 11.8. The van der Waals surface area contributed by atoms with Crippen molar-refractivity contribution in [3.05, 3.63) is 52.5 Å². The topological polar surface area (TPSA) is 60.5 Å². The Morgan fingerprint density at radius 3 is 3.09 bits per heavy atom. The van der Waals surface area contributed by atoms with Crippen LogP contribution in [-0.4, -0.2) is 30.7 Å². The summed E-state index contributed by atoms with van der Waals surface area (Å²) in [7, 11) is 0. The molecule has 5 nitrogen and oxygen atoms in total. The molecular formula is C15H15BrN2O3S. The van der Waals surface area contributed by atoms with E-state index in [4.69, 9.17) is 9.47 Å². The number of carbonyl (C=O) groups excluding carboxylic acids is 1. The maximum absolute atomic E-state index is 11.8. The van der Waals surface area contributed by atoms with E-state index in [1.807, 2.05) is 24.3 Å². The number of ether oxygens (including phenoxy) is 2. The lowest BCUT2D eigenvalue weighted by Crippen LogP contribution is -2.12. The van der Waals surface area contributed by atoms with Crippen LogP contribution in [-0.2, 0) is 4.74 Å². The van der Waals surface area contributed by atoms with Gasteiger partial charge in [-0.15, -0.1) is 17.9 Å². The number of halogens is 1. The van der Waals surface area contributed by atoms with Crippen LogP contribution in [0.3, 0.4) is 0 Å². The largest absolute Gasteiger partial charge is 0.490 e. The van der Waals surface area contributed by atoms with Crippen molar-refractivity contribution < 1.29 is 14.3 Å². The second-order valence-corrected chi connectivity index (χ2v) is 5.92. The molecular weight excluding hydrogens is 368 g/mol. The Morgan fingerprint density at radius 2 is 2.32 bits per heavy atom. The van der Waals surface area contributed by atoms with Gasteiger partial charge in [0, 0.05) is 16.4 Å². The van der Waals surface area contributed by atoms with Gasteiger partial charge in [0.2, 0.25) is 0 Å². The fraction of sp³-hybridized carbons (Fsp3) is 0.200. The molecule has 0 amide bonds. The molecule has 0 saturated heterocycles. The van der Waals surface area contributed by atoms with E-state index in [-0.39, 0.29) is 13.2 Å². The first-order valence-corrected chi connectivity index (χ1v) is 8.22. The summed E-state index contributed by atoms with van der Waals surface area (Å²) in [5, 5.41) is 5.34. The van der Waals surface area contributed by atoms with Crippen LogP contribution < -0.4 is 10.1 Å². The normalized spacial score (nSPS) is 10.0. The highest BCUT2D eigenvalue weighted by atomic mass is 79.9. The zero-order valence-corrected chi connectivity index (χ0v) is 14.2. The highest BCUT2D eigenvalue weighted by molar-refractivity contribution is 9.10. The summed E-state index contributed by atoms with van der Waals surface area (Å²) in [6, 6.07) is 7.47. The number of aromatic nitrogens is 1. The number of esters is 1. The summed E-state index contributed by atoms with van der Waals surface area (Å²) in [4.78, 5) is 15.9. The zero-order chi connectivity index (χ0) is 15.8. The molecule has 2 aromatic rings. The predicted octanol–water partition coefficient (Wildman–Crippen LogP) is 3.74. The van der Waals surface area contributed by atoms with Crippen LogP contribution in [0.5, 0.6) is 5.75 Å². The van der Waals surface area contributed by atoms with Gasteiger partial charge in [-0.3, -0.25) is 0 Å². The van der Waals surface area contributed by atoms with Gasteiger partial charge < -0.3 is 14.8 Å². The molecule has 22 heavy (non-hydrogen) atoms. The van der Waals surface area contributed by atoms with Crippen molar-refractivity contribution in [2.75, 3.05) is 25.1 Å². The smallest absolute Gasteiger partial charge is 0.358 e. The summed E-state index contributed by atoms with van der Waals surface area (Å²) < 4.78 is 11.5. The molecule has 1 aromatic carbocycles. The molecule has 7 heteroatoms. The summed E-state index contributed by atoms with van der Waals surface area (Å²) in [6.07, 6.45) is 1.72. The van der Waals surface area contributed by atoms with Gasteiger partial charge in [-0.05, 0) is 18.2 Å². The van der Waals surface area contributed by atoms with Crippen molar-refractivity contribution in [1.29, 1.82) is 0 Å². The molecule has 2 rings (SSSR count). The van der Waals surface area contributed by atoms with Crippen LogP contribution in [0.2, 0.25) is 0 Å². The van der Waals surface area contributed by atoms with Crippen LogP contribution in [0.15, 0.2) is 46.8 Å². The molecule has 1 heterocycles. The molecule has 0 aliphatic heterocycles. The van der Waals surface area contributed by atoms with Crippen molar-refractivity contribution in [2.24, 2.45) is 0 Å². The van der Waals surface area contributed by atoms with E-state index in [9.17, 15) is 4.79 Å². The summed E-state index contributed by atoms with van der Waals surface area (Å²) in [6.45, 7) is 4.65.